The summed E-state index contributed by atoms with van der Waals surface area (Å²) in [5, 5.41) is 0.604. The number of carbonyl (C=O) groups excluding carboxylic acids is 1. The molecule has 0 radical (unpaired) electrons. The summed E-state index contributed by atoms with van der Waals surface area (Å²) in [5.74, 6) is 0.875. The van der Waals surface area contributed by atoms with Crippen LogP contribution < -0.4 is 5.56 Å². The monoisotopic (exact) mass is 442 g/mol. The zero-order valence-corrected chi connectivity index (χ0v) is 18.9. The van der Waals surface area contributed by atoms with Gasteiger partial charge in [-0.2, -0.15) is 0 Å². The molecule has 33 heavy (non-hydrogen) atoms. The number of amides is 1. The van der Waals surface area contributed by atoms with Crippen LogP contribution in [0, 0.1) is 0 Å². The van der Waals surface area contributed by atoms with Crippen molar-refractivity contribution in [3.63, 3.8) is 0 Å². The molecule has 3 aromatic rings. The highest BCUT2D eigenvalue weighted by molar-refractivity contribution is 5.97. The van der Waals surface area contributed by atoms with E-state index in [1.807, 2.05) is 27.7 Å². The average Bonchev–Trinajstić information content (AvgIpc) is 3.10. The van der Waals surface area contributed by atoms with E-state index in [9.17, 15) is 9.59 Å². The van der Waals surface area contributed by atoms with Gasteiger partial charge in [-0.15, -0.1) is 0 Å². The van der Waals surface area contributed by atoms with Crippen LogP contribution >= 0.6 is 0 Å². The van der Waals surface area contributed by atoms with Gasteiger partial charge >= 0.3 is 0 Å². The summed E-state index contributed by atoms with van der Waals surface area (Å²) in [7, 11) is 0. The Hall–Kier alpha value is -3.25. The van der Waals surface area contributed by atoms with Crippen molar-refractivity contribution in [1.82, 2.24) is 19.4 Å². The van der Waals surface area contributed by atoms with E-state index in [1.165, 1.54) is 5.56 Å². The smallest absolute Gasteiger partial charge is 0.261 e. The second-order valence-corrected chi connectivity index (χ2v) is 8.93. The van der Waals surface area contributed by atoms with E-state index < -0.39 is 0 Å². The molecule has 0 spiro atoms. The van der Waals surface area contributed by atoms with Crippen molar-refractivity contribution in [2.24, 2.45) is 0 Å². The van der Waals surface area contributed by atoms with Crippen LogP contribution in [0.1, 0.15) is 41.0 Å². The molecule has 0 saturated carbocycles. The highest BCUT2D eigenvalue weighted by atomic mass is 16.2. The van der Waals surface area contributed by atoms with Gasteiger partial charge in [-0.25, -0.2) is 4.98 Å². The maximum atomic E-state index is 13.2. The standard InChI is InChI=1S/C27H30N4O2/c32-26(30-18-16-29(17-19-30)14-7-10-21-8-3-1-4-9-21)22-12-13-23-24(20-22)28-25-11-5-2-6-15-31(25)27(23)33/h1,3-4,7-10,12-13,20H,2,5-6,11,14-19H2. The van der Waals surface area contributed by atoms with Crippen molar-refractivity contribution in [3.8, 4) is 0 Å². The fraction of sp³-hybridized carbons (Fsp3) is 0.370. The molecule has 0 aliphatic carbocycles. The Morgan fingerprint density at radius 3 is 2.58 bits per heavy atom. The number of hydrogen-bond acceptors (Lipinski definition) is 4. The Morgan fingerprint density at radius 1 is 0.939 bits per heavy atom. The van der Waals surface area contributed by atoms with Crippen molar-refractivity contribution in [1.29, 1.82) is 0 Å². The summed E-state index contributed by atoms with van der Waals surface area (Å²) < 4.78 is 1.82. The minimum Gasteiger partial charge on any atom is -0.336 e. The molecular formula is C27H30N4O2. The summed E-state index contributed by atoms with van der Waals surface area (Å²) in [6.07, 6.45) is 8.35. The maximum absolute atomic E-state index is 13.2. The molecule has 2 aliphatic rings. The first-order valence-electron chi connectivity index (χ1n) is 12.0. The van der Waals surface area contributed by atoms with Crippen LogP contribution in [0.5, 0.6) is 0 Å². The molecule has 5 rings (SSSR count). The van der Waals surface area contributed by atoms with Crippen LogP contribution in [0.4, 0.5) is 0 Å². The molecule has 1 saturated heterocycles. The number of aromatic nitrogens is 2. The third kappa shape index (κ3) is 4.76. The van der Waals surface area contributed by atoms with E-state index in [1.54, 1.807) is 18.2 Å². The van der Waals surface area contributed by atoms with Gasteiger partial charge in [0.1, 0.15) is 5.82 Å². The largest absolute Gasteiger partial charge is 0.336 e. The SMILES string of the molecule is O=C(c1ccc2c(=O)n3c(nc2c1)CCCCC3)N1CCN(CC=Cc2ccccc2)CC1. The lowest BCUT2D eigenvalue weighted by Gasteiger charge is -2.34. The molecule has 2 aliphatic heterocycles. The normalized spacial score (nSPS) is 17.3. The Kier molecular flexibility index (Phi) is 6.35. The molecule has 6 nitrogen and oxygen atoms in total. The van der Waals surface area contributed by atoms with Gasteiger partial charge in [-0.05, 0) is 36.6 Å². The zero-order chi connectivity index (χ0) is 22.6. The van der Waals surface area contributed by atoms with Crippen LogP contribution in [0.25, 0.3) is 17.0 Å². The lowest BCUT2D eigenvalue weighted by molar-refractivity contribution is 0.0650. The second-order valence-electron chi connectivity index (χ2n) is 8.93. The Labute approximate surface area is 194 Å². The molecule has 0 atom stereocenters. The van der Waals surface area contributed by atoms with Gasteiger partial charge in [-0.1, -0.05) is 48.9 Å². The summed E-state index contributed by atoms with van der Waals surface area (Å²) in [6.45, 7) is 4.73. The quantitative estimate of drug-likeness (QED) is 0.620. The van der Waals surface area contributed by atoms with Crippen molar-refractivity contribution in [2.45, 2.75) is 32.2 Å². The third-order valence-corrected chi connectivity index (χ3v) is 6.70. The maximum Gasteiger partial charge on any atom is 0.261 e. The summed E-state index contributed by atoms with van der Waals surface area (Å²) in [5.41, 5.74) is 2.48. The predicted octanol–water partition coefficient (Wildman–Crippen LogP) is 3.59. The molecule has 1 fully saturated rings. The Morgan fingerprint density at radius 2 is 1.76 bits per heavy atom. The number of fused-ring (bicyclic) bond motifs is 2. The van der Waals surface area contributed by atoms with Crippen molar-refractivity contribution in [2.75, 3.05) is 32.7 Å². The van der Waals surface area contributed by atoms with Gasteiger partial charge < -0.3 is 4.90 Å². The first kappa shape index (κ1) is 21.6. The van der Waals surface area contributed by atoms with Gasteiger partial charge in [0.15, 0.2) is 0 Å². The Bertz CT molecular complexity index is 1220. The minimum atomic E-state index is 0.0214. The van der Waals surface area contributed by atoms with Crippen molar-refractivity contribution in [3.05, 3.63) is 81.9 Å². The van der Waals surface area contributed by atoms with Crippen molar-refractivity contribution < 1.29 is 4.79 Å². The molecule has 0 N–H and O–H groups in total. The van der Waals surface area contributed by atoms with E-state index in [0.29, 0.717) is 29.6 Å². The lowest BCUT2D eigenvalue weighted by Crippen LogP contribution is -2.48. The van der Waals surface area contributed by atoms with Crippen LogP contribution in [-0.2, 0) is 13.0 Å². The number of hydrogen-bond donors (Lipinski definition) is 0. The highest BCUT2D eigenvalue weighted by Gasteiger charge is 2.22. The van der Waals surface area contributed by atoms with Gasteiger partial charge in [0.05, 0.1) is 10.9 Å². The molecule has 3 heterocycles. The van der Waals surface area contributed by atoms with Crippen LogP contribution in [0.3, 0.4) is 0 Å². The van der Waals surface area contributed by atoms with E-state index in [4.69, 9.17) is 4.98 Å². The minimum absolute atomic E-state index is 0.0214. The number of rotatable bonds is 4. The lowest BCUT2D eigenvalue weighted by atomic mass is 10.1. The average molecular weight is 443 g/mol. The van der Waals surface area contributed by atoms with Crippen molar-refractivity contribution >= 4 is 22.9 Å². The molecule has 6 heteroatoms. The molecular weight excluding hydrogens is 412 g/mol. The fourth-order valence-electron chi connectivity index (χ4n) is 4.77. The van der Waals surface area contributed by atoms with Gasteiger partial charge in [0.25, 0.3) is 11.5 Å². The molecule has 1 aromatic heterocycles. The highest BCUT2D eigenvalue weighted by Crippen LogP contribution is 2.18. The number of carbonyl (C=O) groups is 1. The number of nitrogens with zero attached hydrogens (tertiary/aromatic N) is 4. The molecule has 2 aromatic carbocycles. The molecule has 1 amide bonds. The molecule has 0 bridgehead atoms. The molecule has 0 unspecified atom stereocenters. The van der Waals surface area contributed by atoms with E-state index >= 15 is 0 Å². The van der Waals surface area contributed by atoms with Crippen LogP contribution in [-0.4, -0.2) is 58.0 Å². The first-order chi connectivity index (χ1) is 16.2. The zero-order valence-electron chi connectivity index (χ0n) is 18.9. The van der Waals surface area contributed by atoms with Gasteiger partial charge in [-0.3, -0.25) is 19.1 Å². The topological polar surface area (TPSA) is 58.4 Å². The Balaban J connectivity index is 1.25. The van der Waals surface area contributed by atoms with Crippen LogP contribution in [0.15, 0.2) is 59.4 Å². The van der Waals surface area contributed by atoms with Gasteiger partial charge in [0, 0.05) is 51.3 Å². The van der Waals surface area contributed by atoms with E-state index in [2.05, 4.69) is 29.2 Å². The first-order valence-corrected chi connectivity index (χ1v) is 12.0. The predicted molar refractivity (Wildman–Crippen MR) is 131 cm³/mol. The number of benzene rings is 2. The summed E-state index contributed by atoms with van der Waals surface area (Å²) >= 11 is 0. The van der Waals surface area contributed by atoms with E-state index in [0.717, 1.165) is 57.7 Å². The third-order valence-electron chi connectivity index (χ3n) is 6.70. The number of piperazine rings is 1. The molecule has 170 valence electrons. The van der Waals surface area contributed by atoms with Crippen LogP contribution in [0.2, 0.25) is 0 Å². The fourth-order valence-corrected chi connectivity index (χ4v) is 4.77. The summed E-state index contributed by atoms with van der Waals surface area (Å²) in [6, 6.07) is 15.7. The van der Waals surface area contributed by atoms with Gasteiger partial charge in [0.2, 0.25) is 0 Å². The summed E-state index contributed by atoms with van der Waals surface area (Å²) in [4.78, 5) is 35.1. The second kappa shape index (κ2) is 9.71. The number of aryl methyl sites for hydroxylation is 1. The van der Waals surface area contributed by atoms with E-state index in [-0.39, 0.29) is 11.5 Å².